The minimum atomic E-state index is -0.804. The van der Waals surface area contributed by atoms with E-state index in [4.69, 9.17) is 0 Å². The Labute approximate surface area is 114 Å². The normalized spacial score (nSPS) is 10.7. The van der Waals surface area contributed by atoms with Gasteiger partial charge in [-0.25, -0.2) is 0 Å². The van der Waals surface area contributed by atoms with Gasteiger partial charge in [0.1, 0.15) is 0 Å². The number of rotatable bonds is 4. The Hall–Kier alpha value is -1.49. The summed E-state index contributed by atoms with van der Waals surface area (Å²) in [5, 5.41) is 4.26. The van der Waals surface area contributed by atoms with Crippen LogP contribution in [-0.4, -0.2) is 17.2 Å². The SMILES string of the molecule is CC.CC(=O)NC(S)C(=O)NCc1ccccc1. The molecule has 100 valence electrons. The van der Waals surface area contributed by atoms with E-state index in [0.29, 0.717) is 6.54 Å². The van der Waals surface area contributed by atoms with E-state index in [2.05, 4.69) is 23.3 Å². The van der Waals surface area contributed by atoms with Gasteiger partial charge in [-0.05, 0) is 5.56 Å². The molecule has 0 aromatic heterocycles. The van der Waals surface area contributed by atoms with E-state index < -0.39 is 5.37 Å². The Morgan fingerprint density at radius 1 is 1.22 bits per heavy atom. The van der Waals surface area contributed by atoms with Gasteiger partial charge in [0.2, 0.25) is 5.91 Å². The Morgan fingerprint density at radius 3 is 2.28 bits per heavy atom. The van der Waals surface area contributed by atoms with Crippen LogP contribution in [0.4, 0.5) is 0 Å². The monoisotopic (exact) mass is 268 g/mol. The van der Waals surface area contributed by atoms with Gasteiger partial charge in [-0.15, -0.1) is 12.6 Å². The first kappa shape index (κ1) is 16.5. The van der Waals surface area contributed by atoms with Gasteiger partial charge in [0.25, 0.3) is 5.91 Å². The number of carbonyl (C=O) groups is 2. The summed E-state index contributed by atoms with van der Waals surface area (Å²) in [6.45, 7) is 5.77. The molecule has 1 atom stereocenters. The van der Waals surface area contributed by atoms with Crippen molar-refractivity contribution in [3.05, 3.63) is 35.9 Å². The van der Waals surface area contributed by atoms with Gasteiger partial charge in [0.15, 0.2) is 5.37 Å². The van der Waals surface area contributed by atoms with E-state index in [-0.39, 0.29) is 11.8 Å². The van der Waals surface area contributed by atoms with Crippen molar-refractivity contribution in [1.82, 2.24) is 10.6 Å². The fraction of sp³-hybridized carbons (Fsp3) is 0.385. The number of hydrogen-bond acceptors (Lipinski definition) is 3. The zero-order valence-electron chi connectivity index (χ0n) is 10.9. The topological polar surface area (TPSA) is 58.2 Å². The number of nitrogens with one attached hydrogen (secondary N) is 2. The van der Waals surface area contributed by atoms with Crippen LogP contribution in [0.15, 0.2) is 30.3 Å². The van der Waals surface area contributed by atoms with Crippen LogP contribution in [0.1, 0.15) is 26.3 Å². The average molecular weight is 268 g/mol. The lowest BCUT2D eigenvalue weighted by atomic mass is 10.2. The molecule has 0 radical (unpaired) electrons. The molecule has 0 spiro atoms. The number of benzene rings is 1. The van der Waals surface area contributed by atoms with Crippen molar-refractivity contribution in [3.63, 3.8) is 0 Å². The van der Waals surface area contributed by atoms with Gasteiger partial charge >= 0.3 is 0 Å². The van der Waals surface area contributed by atoms with Gasteiger partial charge in [-0.3, -0.25) is 9.59 Å². The van der Waals surface area contributed by atoms with E-state index >= 15 is 0 Å². The van der Waals surface area contributed by atoms with Gasteiger partial charge in [0, 0.05) is 13.5 Å². The molecule has 5 heteroatoms. The molecule has 0 heterocycles. The minimum Gasteiger partial charge on any atom is -0.349 e. The third-order valence-electron chi connectivity index (χ3n) is 1.90. The van der Waals surface area contributed by atoms with Crippen LogP contribution in [-0.2, 0) is 16.1 Å². The highest BCUT2D eigenvalue weighted by molar-refractivity contribution is 7.81. The Kier molecular flexibility index (Phi) is 8.74. The van der Waals surface area contributed by atoms with Gasteiger partial charge < -0.3 is 10.6 Å². The summed E-state index contributed by atoms with van der Waals surface area (Å²) in [6, 6.07) is 9.52. The van der Waals surface area contributed by atoms with E-state index in [0.717, 1.165) is 5.56 Å². The molecule has 1 unspecified atom stereocenters. The van der Waals surface area contributed by atoms with Crippen molar-refractivity contribution in [3.8, 4) is 0 Å². The van der Waals surface area contributed by atoms with Gasteiger partial charge in [-0.1, -0.05) is 44.2 Å². The second-order valence-corrected chi connectivity index (χ2v) is 3.82. The molecular formula is C13H20N2O2S. The van der Waals surface area contributed by atoms with Crippen LogP contribution in [0, 0.1) is 0 Å². The zero-order valence-corrected chi connectivity index (χ0v) is 11.8. The molecule has 0 aliphatic rings. The predicted molar refractivity (Wildman–Crippen MR) is 76.2 cm³/mol. The molecule has 1 aromatic rings. The van der Waals surface area contributed by atoms with Crippen molar-refractivity contribution in [1.29, 1.82) is 0 Å². The van der Waals surface area contributed by atoms with Crippen molar-refractivity contribution in [2.75, 3.05) is 0 Å². The summed E-state index contributed by atoms with van der Waals surface area (Å²) < 4.78 is 0. The molecule has 0 bridgehead atoms. The number of amides is 2. The van der Waals surface area contributed by atoms with Crippen molar-refractivity contribution in [2.45, 2.75) is 32.7 Å². The first-order valence-electron chi connectivity index (χ1n) is 5.86. The molecule has 1 rings (SSSR count). The van der Waals surface area contributed by atoms with Crippen LogP contribution in [0.2, 0.25) is 0 Å². The molecule has 1 aromatic carbocycles. The summed E-state index contributed by atoms with van der Waals surface area (Å²) in [7, 11) is 0. The third kappa shape index (κ3) is 6.96. The molecule has 0 saturated carbocycles. The lowest BCUT2D eigenvalue weighted by Crippen LogP contribution is -2.42. The second-order valence-electron chi connectivity index (χ2n) is 3.31. The first-order valence-corrected chi connectivity index (χ1v) is 6.38. The minimum absolute atomic E-state index is 0.283. The lowest BCUT2D eigenvalue weighted by Gasteiger charge is -2.11. The lowest BCUT2D eigenvalue weighted by molar-refractivity contribution is -0.125. The van der Waals surface area contributed by atoms with Crippen LogP contribution in [0.5, 0.6) is 0 Å². The predicted octanol–water partition coefficient (Wildman–Crippen LogP) is 1.72. The molecular weight excluding hydrogens is 248 g/mol. The summed E-state index contributed by atoms with van der Waals surface area (Å²) in [5.74, 6) is -0.600. The fourth-order valence-electron chi connectivity index (χ4n) is 1.14. The molecule has 0 fully saturated rings. The first-order chi connectivity index (χ1) is 8.59. The molecule has 0 aliphatic carbocycles. The maximum Gasteiger partial charge on any atom is 0.253 e. The average Bonchev–Trinajstić information content (AvgIpc) is 2.38. The van der Waals surface area contributed by atoms with E-state index in [9.17, 15) is 9.59 Å². The third-order valence-corrected chi connectivity index (χ3v) is 2.26. The Morgan fingerprint density at radius 2 is 1.78 bits per heavy atom. The van der Waals surface area contributed by atoms with E-state index in [1.807, 2.05) is 44.2 Å². The number of thiol groups is 1. The molecule has 0 aliphatic heterocycles. The standard InChI is InChI=1S/C11H14N2O2S.C2H6/c1-8(14)13-11(16)10(15)12-7-9-5-3-2-4-6-9;1-2/h2-6,11,16H,7H2,1H3,(H,12,15)(H,13,14);1-2H3. The van der Waals surface area contributed by atoms with E-state index in [1.54, 1.807) is 0 Å². The molecule has 2 amide bonds. The highest BCUT2D eigenvalue weighted by Crippen LogP contribution is 1.98. The summed E-state index contributed by atoms with van der Waals surface area (Å²) in [5.41, 5.74) is 0.999. The van der Waals surface area contributed by atoms with Crippen LogP contribution in [0.25, 0.3) is 0 Å². The molecule has 0 saturated heterocycles. The summed E-state index contributed by atoms with van der Waals surface area (Å²) in [6.07, 6.45) is 0. The fourth-order valence-corrected chi connectivity index (χ4v) is 1.41. The highest BCUT2D eigenvalue weighted by Gasteiger charge is 2.13. The largest absolute Gasteiger partial charge is 0.349 e. The summed E-state index contributed by atoms with van der Waals surface area (Å²) >= 11 is 3.97. The van der Waals surface area contributed by atoms with Gasteiger partial charge in [0.05, 0.1) is 0 Å². The zero-order chi connectivity index (χ0) is 14.0. The second kappa shape index (κ2) is 9.53. The number of carbonyl (C=O) groups excluding carboxylic acids is 2. The van der Waals surface area contributed by atoms with E-state index in [1.165, 1.54) is 6.92 Å². The van der Waals surface area contributed by atoms with Crippen molar-refractivity contribution >= 4 is 24.4 Å². The molecule has 18 heavy (non-hydrogen) atoms. The van der Waals surface area contributed by atoms with Crippen LogP contribution >= 0.6 is 12.6 Å². The quantitative estimate of drug-likeness (QED) is 0.575. The smallest absolute Gasteiger partial charge is 0.253 e. The van der Waals surface area contributed by atoms with Crippen molar-refractivity contribution in [2.24, 2.45) is 0 Å². The maximum absolute atomic E-state index is 11.4. The Balaban J connectivity index is 0.00000137. The van der Waals surface area contributed by atoms with Crippen LogP contribution < -0.4 is 10.6 Å². The molecule has 4 nitrogen and oxygen atoms in total. The highest BCUT2D eigenvalue weighted by atomic mass is 32.1. The maximum atomic E-state index is 11.4. The molecule has 2 N–H and O–H groups in total. The van der Waals surface area contributed by atoms with Crippen molar-refractivity contribution < 1.29 is 9.59 Å². The number of hydrogen-bond donors (Lipinski definition) is 3. The Bertz CT molecular complexity index is 369. The van der Waals surface area contributed by atoms with Gasteiger partial charge in [-0.2, -0.15) is 0 Å². The summed E-state index contributed by atoms with van der Waals surface area (Å²) in [4.78, 5) is 22.1. The van der Waals surface area contributed by atoms with Crippen LogP contribution in [0.3, 0.4) is 0 Å².